The van der Waals surface area contributed by atoms with Crippen molar-refractivity contribution >= 4 is 6.09 Å². The Kier molecular flexibility index (Phi) is 3.91. The number of carbonyl (C=O) groups excluding carboxylic acids is 1. The molecule has 76 valence electrons. The molecular formula is C10H14N2O2. The molecule has 1 aromatic heterocycles. The van der Waals surface area contributed by atoms with Crippen LogP contribution in [0.15, 0.2) is 24.5 Å². The molecule has 0 spiro atoms. The minimum Gasteiger partial charge on any atom is -0.450 e. The third-order valence-electron chi connectivity index (χ3n) is 1.79. The van der Waals surface area contributed by atoms with Crippen LogP contribution in [0.2, 0.25) is 0 Å². The number of aromatic nitrogens is 1. The maximum Gasteiger partial charge on any atom is 0.407 e. The Labute approximate surface area is 83.3 Å². The van der Waals surface area contributed by atoms with Crippen molar-refractivity contribution in [3.05, 3.63) is 30.1 Å². The first-order valence-electron chi connectivity index (χ1n) is 4.57. The molecule has 0 aliphatic carbocycles. The first-order chi connectivity index (χ1) is 6.74. The van der Waals surface area contributed by atoms with E-state index in [1.54, 1.807) is 19.3 Å². The summed E-state index contributed by atoms with van der Waals surface area (Å²) in [6, 6.07) is 3.66. The summed E-state index contributed by atoms with van der Waals surface area (Å²) in [6.45, 7) is 4.04. The number of nitrogens with one attached hydrogen (secondary N) is 1. The third-order valence-corrected chi connectivity index (χ3v) is 1.79. The second-order valence-electron chi connectivity index (χ2n) is 2.87. The molecule has 0 radical (unpaired) electrons. The summed E-state index contributed by atoms with van der Waals surface area (Å²) in [5, 5.41) is 2.70. The Balaban J connectivity index is 2.50. The minimum atomic E-state index is -0.399. The van der Waals surface area contributed by atoms with E-state index in [1.165, 1.54) is 0 Å². The van der Waals surface area contributed by atoms with Gasteiger partial charge in [-0.15, -0.1) is 0 Å². The van der Waals surface area contributed by atoms with Crippen LogP contribution in [0.1, 0.15) is 25.5 Å². The molecule has 1 unspecified atom stereocenters. The summed E-state index contributed by atoms with van der Waals surface area (Å²) in [7, 11) is 0. The van der Waals surface area contributed by atoms with Gasteiger partial charge in [0.05, 0.1) is 12.6 Å². The first-order valence-corrected chi connectivity index (χ1v) is 4.57. The molecule has 0 aromatic carbocycles. The molecule has 0 saturated carbocycles. The standard InChI is InChI=1S/C10H14N2O2/c1-3-14-10(13)12-8(2)9-5-4-6-11-7-9/h4-8H,3H2,1-2H3,(H,12,13). The zero-order valence-corrected chi connectivity index (χ0v) is 8.36. The highest BCUT2D eigenvalue weighted by atomic mass is 16.5. The van der Waals surface area contributed by atoms with Gasteiger partial charge in [-0.25, -0.2) is 4.79 Å². The molecule has 14 heavy (non-hydrogen) atoms. The molecular weight excluding hydrogens is 180 g/mol. The number of carbonyl (C=O) groups is 1. The molecule has 1 aromatic rings. The lowest BCUT2D eigenvalue weighted by molar-refractivity contribution is 0.149. The number of rotatable bonds is 3. The van der Waals surface area contributed by atoms with E-state index in [9.17, 15) is 4.79 Å². The molecule has 1 rings (SSSR count). The lowest BCUT2D eigenvalue weighted by atomic mass is 10.1. The Morgan fingerprint density at radius 1 is 1.71 bits per heavy atom. The molecule has 0 aliphatic heterocycles. The van der Waals surface area contributed by atoms with Crippen molar-refractivity contribution in [1.29, 1.82) is 0 Å². The second kappa shape index (κ2) is 5.21. The first kappa shape index (κ1) is 10.5. The quantitative estimate of drug-likeness (QED) is 0.799. The van der Waals surface area contributed by atoms with Crippen LogP contribution < -0.4 is 5.32 Å². The predicted molar refractivity (Wildman–Crippen MR) is 52.8 cm³/mol. The van der Waals surface area contributed by atoms with Gasteiger partial charge in [-0.05, 0) is 25.5 Å². The van der Waals surface area contributed by atoms with Gasteiger partial charge in [0.15, 0.2) is 0 Å². The van der Waals surface area contributed by atoms with E-state index < -0.39 is 6.09 Å². The van der Waals surface area contributed by atoms with Gasteiger partial charge in [0.1, 0.15) is 0 Å². The van der Waals surface area contributed by atoms with Crippen molar-refractivity contribution in [1.82, 2.24) is 10.3 Å². The molecule has 0 saturated heterocycles. The van der Waals surface area contributed by atoms with Gasteiger partial charge >= 0.3 is 6.09 Å². The van der Waals surface area contributed by atoms with Crippen molar-refractivity contribution in [2.45, 2.75) is 19.9 Å². The number of pyridine rings is 1. The van der Waals surface area contributed by atoms with Crippen LogP contribution in [-0.2, 0) is 4.74 Å². The lowest BCUT2D eigenvalue weighted by Gasteiger charge is -2.12. The molecule has 0 aliphatic rings. The van der Waals surface area contributed by atoms with Crippen LogP contribution in [0.3, 0.4) is 0 Å². The van der Waals surface area contributed by atoms with E-state index in [1.807, 2.05) is 19.1 Å². The Hall–Kier alpha value is -1.58. The molecule has 1 N–H and O–H groups in total. The number of hydrogen-bond acceptors (Lipinski definition) is 3. The van der Waals surface area contributed by atoms with Crippen LogP contribution in [0.25, 0.3) is 0 Å². The van der Waals surface area contributed by atoms with Crippen molar-refractivity contribution in [2.75, 3.05) is 6.61 Å². The molecule has 1 heterocycles. The van der Waals surface area contributed by atoms with Gasteiger partial charge in [0.2, 0.25) is 0 Å². The van der Waals surface area contributed by atoms with E-state index >= 15 is 0 Å². The summed E-state index contributed by atoms with van der Waals surface area (Å²) in [4.78, 5) is 15.0. The van der Waals surface area contributed by atoms with Gasteiger partial charge in [0.25, 0.3) is 0 Å². The molecule has 0 bridgehead atoms. The van der Waals surface area contributed by atoms with Crippen LogP contribution >= 0.6 is 0 Å². The van der Waals surface area contributed by atoms with Crippen LogP contribution in [0.4, 0.5) is 4.79 Å². The van der Waals surface area contributed by atoms with E-state index in [-0.39, 0.29) is 6.04 Å². The number of nitrogens with zero attached hydrogens (tertiary/aromatic N) is 1. The largest absolute Gasteiger partial charge is 0.450 e. The fraction of sp³-hybridized carbons (Fsp3) is 0.400. The van der Waals surface area contributed by atoms with Crippen molar-refractivity contribution in [3.8, 4) is 0 Å². The zero-order chi connectivity index (χ0) is 10.4. The zero-order valence-electron chi connectivity index (χ0n) is 8.36. The lowest BCUT2D eigenvalue weighted by Crippen LogP contribution is -2.27. The van der Waals surface area contributed by atoms with Crippen LogP contribution in [-0.4, -0.2) is 17.7 Å². The van der Waals surface area contributed by atoms with E-state index in [0.29, 0.717) is 6.61 Å². The number of alkyl carbamates (subject to hydrolysis) is 1. The number of ether oxygens (including phenoxy) is 1. The van der Waals surface area contributed by atoms with Gasteiger partial charge in [-0.3, -0.25) is 4.98 Å². The van der Waals surface area contributed by atoms with Gasteiger partial charge < -0.3 is 10.1 Å². The van der Waals surface area contributed by atoms with E-state index in [4.69, 9.17) is 4.74 Å². The molecule has 4 heteroatoms. The van der Waals surface area contributed by atoms with Gasteiger partial charge in [-0.1, -0.05) is 6.07 Å². The van der Waals surface area contributed by atoms with Crippen LogP contribution in [0, 0.1) is 0 Å². The van der Waals surface area contributed by atoms with Gasteiger partial charge in [0, 0.05) is 12.4 Å². The second-order valence-corrected chi connectivity index (χ2v) is 2.87. The topological polar surface area (TPSA) is 51.2 Å². The van der Waals surface area contributed by atoms with E-state index in [2.05, 4.69) is 10.3 Å². The highest BCUT2D eigenvalue weighted by Gasteiger charge is 2.08. The highest BCUT2D eigenvalue weighted by Crippen LogP contribution is 2.09. The maximum absolute atomic E-state index is 11.1. The summed E-state index contributed by atoms with van der Waals surface area (Å²) in [5.41, 5.74) is 0.959. The van der Waals surface area contributed by atoms with Gasteiger partial charge in [-0.2, -0.15) is 0 Å². The molecule has 0 fully saturated rings. The summed E-state index contributed by atoms with van der Waals surface area (Å²) >= 11 is 0. The number of hydrogen-bond donors (Lipinski definition) is 1. The molecule has 1 amide bonds. The monoisotopic (exact) mass is 194 g/mol. The number of amides is 1. The fourth-order valence-corrected chi connectivity index (χ4v) is 1.06. The Morgan fingerprint density at radius 3 is 3.07 bits per heavy atom. The summed E-state index contributed by atoms with van der Waals surface area (Å²) in [6.07, 6.45) is 3.01. The van der Waals surface area contributed by atoms with E-state index in [0.717, 1.165) is 5.56 Å². The predicted octanol–water partition coefficient (Wildman–Crippen LogP) is 1.89. The smallest absolute Gasteiger partial charge is 0.407 e. The summed E-state index contributed by atoms with van der Waals surface area (Å²) in [5.74, 6) is 0. The fourth-order valence-electron chi connectivity index (χ4n) is 1.06. The highest BCUT2D eigenvalue weighted by molar-refractivity contribution is 5.67. The Bertz CT molecular complexity index is 287. The average molecular weight is 194 g/mol. The maximum atomic E-state index is 11.1. The summed E-state index contributed by atoms with van der Waals surface area (Å²) < 4.78 is 4.76. The Morgan fingerprint density at radius 2 is 2.50 bits per heavy atom. The third kappa shape index (κ3) is 3.05. The normalized spacial score (nSPS) is 11.9. The van der Waals surface area contributed by atoms with Crippen molar-refractivity contribution in [3.63, 3.8) is 0 Å². The molecule has 4 nitrogen and oxygen atoms in total. The van der Waals surface area contributed by atoms with Crippen molar-refractivity contribution < 1.29 is 9.53 Å². The average Bonchev–Trinajstić information content (AvgIpc) is 2.19. The molecule has 1 atom stereocenters. The minimum absolute atomic E-state index is 0.0808. The van der Waals surface area contributed by atoms with Crippen molar-refractivity contribution in [2.24, 2.45) is 0 Å². The SMILES string of the molecule is CCOC(=O)NC(C)c1cccnc1. The van der Waals surface area contributed by atoms with Crippen LogP contribution in [0.5, 0.6) is 0 Å².